The predicted molar refractivity (Wildman–Crippen MR) is 75.7 cm³/mol. The fourth-order valence-electron chi connectivity index (χ4n) is 2.49. The minimum atomic E-state index is 0.127. The van der Waals surface area contributed by atoms with Crippen molar-refractivity contribution in [1.29, 1.82) is 0 Å². The maximum absolute atomic E-state index is 12.4. The Morgan fingerprint density at radius 2 is 1.90 bits per heavy atom. The van der Waals surface area contributed by atoms with Gasteiger partial charge in [-0.05, 0) is 43.0 Å². The summed E-state index contributed by atoms with van der Waals surface area (Å²) >= 11 is 0. The van der Waals surface area contributed by atoms with Crippen molar-refractivity contribution in [2.45, 2.75) is 19.8 Å². The Morgan fingerprint density at radius 1 is 1.20 bits per heavy atom. The molecule has 0 radical (unpaired) electrons. The fourth-order valence-corrected chi connectivity index (χ4v) is 2.49. The largest absolute Gasteiger partial charge is 0.339 e. The van der Waals surface area contributed by atoms with Gasteiger partial charge in [-0.2, -0.15) is 5.10 Å². The zero-order valence-electron chi connectivity index (χ0n) is 11.6. The molecule has 1 aliphatic heterocycles. The van der Waals surface area contributed by atoms with Gasteiger partial charge in [-0.15, -0.1) is 0 Å². The van der Waals surface area contributed by atoms with Crippen molar-refractivity contribution in [1.82, 2.24) is 19.7 Å². The first-order chi connectivity index (χ1) is 9.74. The summed E-state index contributed by atoms with van der Waals surface area (Å²) in [6, 6.07) is 7.51. The van der Waals surface area contributed by atoms with Crippen LogP contribution in [-0.2, 0) is 0 Å². The van der Waals surface area contributed by atoms with Crippen LogP contribution in [0.5, 0.6) is 0 Å². The highest BCUT2D eigenvalue weighted by Crippen LogP contribution is 2.18. The Labute approximate surface area is 118 Å². The topological polar surface area (TPSA) is 51.0 Å². The number of hydrogen-bond donors (Lipinski definition) is 0. The summed E-state index contributed by atoms with van der Waals surface area (Å²) in [6.45, 7) is 3.98. The summed E-state index contributed by atoms with van der Waals surface area (Å²) in [7, 11) is 0. The molecule has 1 aromatic heterocycles. The van der Waals surface area contributed by atoms with Crippen LogP contribution < -0.4 is 0 Å². The van der Waals surface area contributed by atoms with Crippen LogP contribution in [0.25, 0.3) is 5.69 Å². The lowest BCUT2D eigenvalue weighted by molar-refractivity contribution is 0.0697. The Kier molecular flexibility index (Phi) is 3.50. The van der Waals surface area contributed by atoms with Gasteiger partial charge in [-0.25, -0.2) is 9.67 Å². The van der Waals surface area contributed by atoms with Gasteiger partial charge in [0, 0.05) is 18.7 Å². The summed E-state index contributed by atoms with van der Waals surface area (Å²) < 4.78 is 1.68. The first kappa shape index (κ1) is 12.8. The lowest BCUT2D eigenvalue weighted by Crippen LogP contribution is -2.37. The standard InChI is InChI=1S/C15H18N4O/c1-12-6-8-18(9-7-12)15(20)13-2-4-14(5-3-13)19-11-16-10-17-19/h2-5,10-12H,6-9H2,1H3. The van der Waals surface area contributed by atoms with Gasteiger partial charge in [-0.1, -0.05) is 6.92 Å². The second-order valence-electron chi connectivity index (χ2n) is 5.36. The van der Waals surface area contributed by atoms with Gasteiger partial charge in [0.25, 0.3) is 5.91 Å². The van der Waals surface area contributed by atoms with E-state index in [1.165, 1.54) is 6.33 Å². The van der Waals surface area contributed by atoms with Crippen LogP contribution in [0, 0.1) is 5.92 Å². The van der Waals surface area contributed by atoms with Gasteiger partial charge in [0.15, 0.2) is 0 Å². The molecule has 1 aliphatic rings. The van der Waals surface area contributed by atoms with Crippen molar-refractivity contribution in [2.75, 3.05) is 13.1 Å². The van der Waals surface area contributed by atoms with E-state index in [0.717, 1.165) is 43.1 Å². The highest BCUT2D eigenvalue weighted by molar-refractivity contribution is 5.94. The molecule has 0 unspecified atom stereocenters. The maximum atomic E-state index is 12.4. The van der Waals surface area contributed by atoms with Crippen molar-refractivity contribution in [3.8, 4) is 5.69 Å². The van der Waals surface area contributed by atoms with Crippen molar-refractivity contribution in [3.63, 3.8) is 0 Å². The number of carbonyl (C=O) groups is 1. The third-order valence-corrected chi connectivity index (χ3v) is 3.87. The van der Waals surface area contributed by atoms with Gasteiger partial charge in [0.2, 0.25) is 0 Å². The Hall–Kier alpha value is -2.17. The van der Waals surface area contributed by atoms with Crippen molar-refractivity contribution < 1.29 is 4.79 Å². The van der Waals surface area contributed by atoms with Crippen LogP contribution in [0.1, 0.15) is 30.1 Å². The number of rotatable bonds is 2. The molecular formula is C15H18N4O. The van der Waals surface area contributed by atoms with Gasteiger partial charge in [0.05, 0.1) is 5.69 Å². The number of hydrogen-bond acceptors (Lipinski definition) is 3. The number of aromatic nitrogens is 3. The van der Waals surface area contributed by atoms with Gasteiger partial charge < -0.3 is 4.90 Å². The second-order valence-corrected chi connectivity index (χ2v) is 5.36. The van der Waals surface area contributed by atoms with E-state index >= 15 is 0 Å². The monoisotopic (exact) mass is 270 g/mol. The van der Waals surface area contributed by atoms with E-state index in [-0.39, 0.29) is 5.91 Å². The molecule has 1 aromatic carbocycles. The lowest BCUT2D eigenvalue weighted by Gasteiger charge is -2.30. The number of amides is 1. The van der Waals surface area contributed by atoms with Crippen LogP contribution in [0.3, 0.4) is 0 Å². The second kappa shape index (κ2) is 5.45. The molecule has 0 spiro atoms. The van der Waals surface area contributed by atoms with E-state index in [4.69, 9.17) is 0 Å². The van der Waals surface area contributed by atoms with E-state index in [0.29, 0.717) is 0 Å². The maximum Gasteiger partial charge on any atom is 0.253 e. The van der Waals surface area contributed by atoms with Crippen LogP contribution in [0.2, 0.25) is 0 Å². The Balaban J connectivity index is 1.73. The van der Waals surface area contributed by atoms with E-state index in [9.17, 15) is 4.79 Å². The average molecular weight is 270 g/mol. The zero-order chi connectivity index (χ0) is 13.9. The fraction of sp³-hybridized carbons (Fsp3) is 0.400. The number of nitrogens with zero attached hydrogens (tertiary/aromatic N) is 4. The van der Waals surface area contributed by atoms with Crippen molar-refractivity contribution in [2.24, 2.45) is 5.92 Å². The Morgan fingerprint density at radius 3 is 2.50 bits per heavy atom. The summed E-state index contributed by atoms with van der Waals surface area (Å²) in [5, 5.41) is 4.07. The highest BCUT2D eigenvalue weighted by atomic mass is 16.2. The normalized spacial score (nSPS) is 16.4. The van der Waals surface area contributed by atoms with E-state index in [1.807, 2.05) is 29.2 Å². The number of carbonyl (C=O) groups excluding carboxylic acids is 1. The van der Waals surface area contributed by atoms with E-state index in [1.54, 1.807) is 11.0 Å². The first-order valence-electron chi connectivity index (χ1n) is 6.98. The molecule has 2 aromatic rings. The number of likely N-dealkylation sites (tertiary alicyclic amines) is 1. The lowest BCUT2D eigenvalue weighted by atomic mass is 9.98. The molecule has 104 valence electrons. The summed E-state index contributed by atoms with van der Waals surface area (Å²) in [5.74, 6) is 0.857. The van der Waals surface area contributed by atoms with Crippen LogP contribution in [-0.4, -0.2) is 38.7 Å². The molecule has 20 heavy (non-hydrogen) atoms. The number of benzene rings is 1. The molecule has 0 saturated carbocycles. The van der Waals surface area contributed by atoms with Crippen molar-refractivity contribution >= 4 is 5.91 Å². The molecule has 5 nitrogen and oxygen atoms in total. The predicted octanol–water partition coefficient (Wildman–Crippen LogP) is 2.14. The summed E-state index contributed by atoms with van der Waals surface area (Å²) in [5.41, 5.74) is 1.65. The van der Waals surface area contributed by atoms with E-state index in [2.05, 4.69) is 17.0 Å². The van der Waals surface area contributed by atoms with Gasteiger partial charge >= 0.3 is 0 Å². The van der Waals surface area contributed by atoms with Crippen LogP contribution in [0.15, 0.2) is 36.9 Å². The zero-order valence-corrected chi connectivity index (χ0v) is 11.6. The SMILES string of the molecule is CC1CCN(C(=O)c2ccc(-n3cncn3)cc2)CC1. The van der Waals surface area contributed by atoms with Crippen molar-refractivity contribution in [3.05, 3.63) is 42.5 Å². The van der Waals surface area contributed by atoms with Gasteiger partial charge in [0.1, 0.15) is 12.7 Å². The molecular weight excluding hydrogens is 252 g/mol. The molecule has 0 aliphatic carbocycles. The minimum absolute atomic E-state index is 0.127. The molecule has 2 heterocycles. The molecule has 0 atom stereocenters. The first-order valence-corrected chi connectivity index (χ1v) is 6.98. The third-order valence-electron chi connectivity index (χ3n) is 3.87. The van der Waals surface area contributed by atoms with Crippen LogP contribution >= 0.6 is 0 Å². The Bertz CT molecular complexity index is 568. The average Bonchev–Trinajstić information content (AvgIpc) is 3.02. The third kappa shape index (κ3) is 2.57. The molecule has 0 bridgehead atoms. The molecule has 5 heteroatoms. The quantitative estimate of drug-likeness (QED) is 0.840. The molecule has 1 amide bonds. The highest BCUT2D eigenvalue weighted by Gasteiger charge is 2.21. The van der Waals surface area contributed by atoms with Gasteiger partial charge in [-0.3, -0.25) is 4.79 Å². The molecule has 0 N–H and O–H groups in total. The smallest absolute Gasteiger partial charge is 0.253 e. The summed E-state index contributed by atoms with van der Waals surface area (Å²) in [6.07, 6.45) is 5.34. The molecule has 1 saturated heterocycles. The number of piperidine rings is 1. The van der Waals surface area contributed by atoms with Crippen LogP contribution in [0.4, 0.5) is 0 Å². The summed E-state index contributed by atoms with van der Waals surface area (Å²) in [4.78, 5) is 18.3. The molecule has 3 rings (SSSR count). The van der Waals surface area contributed by atoms with E-state index < -0.39 is 0 Å². The minimum Gasteiger partial charge on any atom is -0.339 e. The molecule has 1 fully saturated rings.